The topological polar surface area (TPSA) is 17.0 Å². The summed E-state index contributed by atoms with van der Waals surface area (Å²) in [4.78, 5) is 0. The van der Waals surface area contributed by atoms with Gasteiger partial charge >= 0.3 is 0 Å². The second kappa shape index (κ2) is 14.7. The van der Waals surface area contributed by atoms with Crippen LogP contribution in [0.2, 0.25) is 0 Å². The van der Waals surface area contributed by atoms with E-state index in [1.165, 1.54) is 77.6 Å². The number of allylic oxidation sites excluding steroid dienone is 6. The van der Waals surface area contributed by atoms with Crippen LogP contribution in [-0.4, -0.2) is 10.6 Å². The van der Waals surface area contributed by atoms with E-state index >= 15 is 0 Å². The van der Waals surface area contributed by atoms with E-state index < -0.39 is 0 Å². The molecule has 0 amide bonds. The number of fused-ring (bicyclic) bond motifs is 3. The first-order valence-corrected chi connectivity index (χ1v) is 19.7. The number of hydrogen-bond donors (Lipinski definition) is 1. The fourth-order valence-electron chi connectivity index (χ4n) is 8.59. The Hall–Kier alpha value is -6.90. The van der Waals surface area contributed by atoms with E-state index in [9.17, 15) is 0 Å². The van der Waals surface area contributed by atoms with Crippen molar-refractivity contribution in [3.63, 3.8) is 0 Å². The molecular formula is C54H42N2. The lowest BCUT2D eigenvalue weighted by Gasteiger charge is -2.29. The lowest BCUT2D eigenvalue weighted by molar-refractivity contribution is 0.759. The first kappa shape index (κ1) is 33.7. The first-order valence-electron chi connectivity index (χ1n) is 19.7. The Bertz CT molecular complexity index is 2760. The third kappa shape index (κ3) is 6.40. The molecule has 0 radical (unpaired) electrons. The summed E-state index contributed by atoms with van der Waals surface area (Å²) in [6, 6.07) is 64.1. The SMILES string of the molecule is C1=CC(c2ccc(-c3ccc(NC4C=CC(c5ccccc5)=CC4c4cccc(-c5ccccc5-n5c6ccccc6c6ccccc65)c4)cc3)cc2)=CCC1. The van der Waals surface area contributed by atoms with Gasteiger partial charge in [-0.05, 0) is 87.7 Å². The number of benzene rings is 7. The van der Waals surface area contributed by atoms with Gasteiger partial charge in [-0.1, -0.05) is 182 Å². The van der Waals surface area contributed by atoms with Crippen LogP contribution < -0.4 is 5.32 Å². The smallest absolute Gasteiger partial charge is 0.0551 e. The van der Waals surface area contributed by atoms with Crippen LogP contribution in [0.5, 0.6) is 0 Å². The van der Waals surface area contributed by atoms with Crippen LogP contribution in [0.1, 0.15) is 35.4 Å². The van der Waals surface area contributed by atoms with Crippen molar-refractivity contribution >= 4 is 38.6 Å². The van der Waals surface area contributed by atoms with Gasteiger partial charge in [-0.3, -0.25) is 0 Å². The van der Waals surface area contributed by atoms with E-state index in [-0.39, 0.29) is 12.0 Å². The Morgan fingerprint density at radius 2 is 1.11 bits per heavy atom. The van der Waals surface area contributed by atoms with Gasteiger partial charge in [-0.15, -0.1) is 0 Å². The predicted molar refractivity (Wildman–Crippen MR) is 238 cm³/mol. The molecule has 2 atom stereocenters. The fraction of sp³-hybridized carbons (Fsp3) is 0.0741. The van der Waals surface area contributed by atoms with Crippen LogP contribution in [0.4, 0.5) is 5.69 Å². The molecule has 0 aliphatic heterocycles. The van der Waals surface area contributed by atoms with Gasteiger partial charge in [0.2, 0.25) is 0 Å². The van der Waals surface area contributed by atoms with Gasteiger partial charge in [0.15, 0.2) is 0 Å². The zero-order valence-electron chi connectivity index (χ0n) is 31.2. The Balaban J connectivity index is 0.989. The highest BCUT2D eigenvalue weighted by molar-refractivity contribution is 6.09. The van der Waals surface area contributed by atoms with Crippen molar-refractivity contribution < 1.29 is 0 Å². The maximum Gasteiger partial charge on any atom is 0.0551 e. The van der Waals surface area contributed by atoms with Gasteiger partial charge in [0, 0.05) is 27.9 Å². The Morgan fingerprint density at radius 3 is 1.84 bits per heavy atom. The van der Waals surface area contributed by atoms with E-state index in [0.717, 1.165) is 18.5 Å². The van der Waals surface area contributed by atoms with E-state index in [1.807, 2.05) is 0 Å². The van der Waals surface area contributed by atoms with Crippen molar-refractivity contribution in [2.45, 2.75) is 24.8 Å². The van der Waals surface area contributed by atoms with Crippen molar-refractivity contribution in [3.8, 4) is 27.9 Å². The van der Waals surface area contributed by atoms with E-state index in [2.05, 4.69) is 222 Å². The van der Waals surface area contributed by atoms with Crippen LogP contribution in [0.15, 0.2) is 212 Å². The molecule has 8 aromatic rings. The zero-order chi connectivity index (χ0) is 37.3. The average molecular weight is 719 g/mol. The summed E-state index contributed by atoms with van der Waals surface area (Å²) in [5, 5.41) is 6.45. The van der Waals surface area contributed by atoms with Crippen LogP contribution in [0.3, 0.4) is 0 Å². The fourth-order valence-corrected chi connectivity index (χ4v) is 8.59. The molecule has 2 unspecified atom stereocenters. The molecule has 56 heavy (non-hydrogen) atoms. The van der Waals surface area contributed by atoms with Gasteiger partial charge in [-0.25, -0.2) is 0 Å². The largest absolute Gasteiger partial charge is 0.378 e. The molecule has 1 aromatic heterocycles. The highest BCUT2D eigenvalue weighted by Gasteiger charge is 2.24. The van der Waals surface area contributed by atoms with E-state index in [0.29, 0.717) is 0 Å². The lowest BCUT2D eigenvalue weighted by Crippen LogP contribution is -2.26. The summed E-state index contributed by atoms with van der Waals surface area (Å²) >= 11 is 0. The standard InChI is InChI=1S/C54H42N2/c1-3-14-38(15-4-1)40-26-28-41(29-27-40)42-30-33-46(34-31-42)55-51-35-32-43(39-16-5-2-6-17-39)37-50(51)45-19-13-18-44(36-45)47-20-7-10-23-52(47)56-53-24-11-8-21-48(53)49-22-9-12-25-54(49)56/h2-3,5-37,50-51,55H,1,4H2. The quantitative estimate of drug-likeness (QED) is 0.166. The maximum atomic E-state index is 3.91. The molecule has 0 bridgehead atoms. The molecule has 2 aliphatic rings. The number of nitrogens with zero attached hydrogens (tertiary/aromatic N) is 1. The van der Waals surface area contributed by atoms with Gasteiger partial charge < -0.3 is 9.88 Å². The van der Waals surface area contributed by atoms with Crippen LogP contribution in [0.25, 0.3) is 60.9 Å². The number of hydrogen-bond acceptors (Lipinski definition) is 1. The lowest BCUT2D eigenvalue weighted by atomic mass is 9.83. The summed E-state index contributed by atoms with van der Waals surface area (Å²) in [6.07, 6.45) is 16.2. The minimum absolute atomic E-state index is 0.0623. The summed E-state index contributed by atoms with van der Waals surface area (Å²) in [7, 11) is 0. The molecule has 2 heteroatoms. The molecule has 268 valence electrons. The van der Waals surface area contributed by atoms with Gasteiger partial charge in [0.25, 0.3) is 0 Å². The highest BCUT2D eigenvalue weighted by atomic mass is 15.0. The monoisotopic (exact) mass is 718 g/mol. The number of anilines is 1. The summed E-state index contributed by atoms with van der Waals surface area (Å²) < 4.78 is 2.43. The molecule has 0 saturated carbocycles. The molecule has 1 N–H and O–H groups in total. The molecule has 1 heterocycles. The number of rotatable bonds is 8. The minimum atomic E-state index is 0.0623. The molecule has 0 spiro atoms. The third-order valence-electron chi connectivity index (χ3n) is 11.4. The molecule has 2 aliphatic carbocycles. The zero-order valence-corrected chi connectivity index (χ0v) is 31.2. The number of aromatic nitrogens is 1. The van der Waals surface area contributed by atoms with Crippen LogP contribution in [0, 0.1) is 0 Å². The van der Waals surface area contributed by atoms with Crippen LogP contribution >= 0.6 is 0 Å². The molecular weight excluding hydrogens is 677 g/mol. The molecule has 0 saturated heterocycles. The molecule has 7 aromatic carbocycles. The summed E-state index contributed by atoms with van der Waals surface area (Å²) in [5.74, 6) is 0.103. The maximum absolute atomic E-state index is 3.91. The molecule has 2 nitrogen and oxygen atoms in total. The Kier molecular flexibility index (Phi) is 8.85. The summed E-state index contributed by atoms with van der Waals surface area (Å²) in [6.45, 7) is 0. The van der Waals surface area contributed by atoms with E-state index in [4.69, 9.17) is 0 Å². The Morgan fingerprint density at radius 1 is 0.482 bits per heavy atom. The van der Waals surface area contributed by atoms with Crippen molar-refractivity contribution in [1.29, 1.82) is 0 Å². The van der Waals surface area contributed by atoms with E-state index in [1.54, 1.807) is 0 Å². The van der Waals surface area contributed by atoms with Crippen molar-refractivity contribution in [1.82, 2.24) is 4.57 Å². The number of para-hydroxylation sites is 3. The summed E-state index contributed by atoms with van der Waals surface area (Å²) in [5.41, 5.74) is 15.9. The Labute approximate surface area is 329 Å². The third-order valence-corrected chi connectivity index (χ3v) is 11.4. The highest BCUT2D eigenvalue weighted by Crippen LogP contribution is 2.39. The molecule has 0 fully saturated rings. The first-order chi connectivity index (χ1) is 27.8. The second-order valence-electron chi connectivity index (χ2n) is 14.8. The predicted octanol–water partition coefficient (Wildman–Crippen LogP) is 14.1. The van der Waals surface area contributed by atoms with Gasteiger partial charge in [0.05, 0.1) is 22.8 Å². The van der Waals surface area contributed by atoms with Crippen molar-refractivity contribution in [3.05, 3.63) is 229 Å². The minimum Gasteiger partial charge on any atom is -0.378 e. The normalized spacial score (nSPS) is 16.5. The van der Waals surface area contributed by atoms with Crippen LogP contribution in [-0.2, 0) is 0 Å². The van der Waals surface area contributed by atoms with Crippen molar-refractivity contribution in [2.24, 2.45) is 0 Å². The van der Waals surface area contributed by atoms with Gasteiger partial charge in [0.1, 0.15) is 0 Å². The second-order valence-corrected chi connectivity index (χ2v) is 14.8. The average Bonchev–Trinajstić information content (AvgIpc) is 3.62. The van der Waals surface area contributed by atoms with Gasteiger partial charge in [-0.2, -0.15) is 0 Å². The number of nitrogens with one attached hydrogen (secondary N) is 1. The molecule has 10 rings (SSSR count). The van der Waals surface area contributed by atoms with Crippen molar-refractivity contribution in [2.75, 3.05) is 5.32 Å².